The molecule has 0 radical (unpaired) electrons. The molecule has 0 saturated heterocycles. The van der Waals surface area contributed by atoms with Gasteiger partial charge in [-0.3, -0.25) is 4.99 Å². The second-order valence-corrected chi connectivity index (χ2v) is 11.1. The molecule has 4 aromatic carbocycles. The maximum Gasteiger partial charge on any atom is 0.228 e. The average molecular weight is 494 g/mol. The summed E-state index contributed by atoms with van der Waals surface area (Å²) in [6, 6.07) is 25.6. The van der Waals surface area contributed by atoms with Gasteiger partial charge in [-0.25, -0.2) is 0 Å². The molecule has 0 saturated carbocycles. The molecular weight excluding hydrogens is 466 g/mol. The number of rotatable bonds is 1. The monoisotopic (exact) mass is 493 g/mol. The number of anilines is 2. The van der Waals surface area contributed by atoms with Crippen LogP contribution in [0.3, 0.4) is 0 Å². The van der Waals surface area contributed by atoms with Gasteiger partial charge in [-0.1, -0.05) is 60.1 Å². The van der Waals surface area contributed by atoms with Crippen molar-refractivity contribution in [2.45, 2.75) is 38.0 Å². The van der Waals surface area contributed by atoms with Gasteiger partial charge in [-0.15, -0.1) is 0 Å². The van der Waals surface area contributed by atoms with Gasteiger partial charge in [-0.05, 0) is 55.2 Å². The predicted octanol–water partition coefficient (Wildman–Crippen LogP) is 7.27. The van der Waals surface area contributed by atoms with Gasteiger partial charge >= 0.3 is 0 Å². The average Bonchev–Trinajstić information content (AvgIpc) is 3.05. The number of ether oxygens (including phenoxy) is 1. The van der Waals surface area contributed by atoms with Crippen molar-refractivity contribution in [2.75, 3.05) is 23.4 Å². The summed E-state index contributed by atoms with van der Waals surface area (Å²) in [7, 11) is 2.09. The molecule has 4 aromatic rings. The van der Waals surface area contributed by atoms with Gasteiger partial charge in [-0.2, -0.15) is 0 Å². The van der Waals surface area contributed by atoms with Gasteiger partial charge in [0.15, 0.2) is 5.75 Å². The SMILES string of the molecule is CN1c2ccc(Cl)cc2C(C)(C)C12C=Nc1c(cc(N3CCc4ccccc4C3)c3ccccc13)O2. The third kappa shape index (κ3) is 2.85. The number of halogens is 1. The van der Waals surface area contributed by atoms with Crippen LogP contribution in [-0.4, -0.2) is 25.5 Å². The van der Waals surface area contributed by atoms with Crippen molar-refractivity contribution in [3.05, 3.63) is 94.5 Å². The summed E-state index contributed by atoms with van der Waals surface area (Å²) in [5, 5.41) is 3.06. The first-order valence-corrected chi connectivity index (χ1v) is 12.9. The normalized spacial score (nSPS) is 21.3. The van der Waals surface area contributed by atoms with Crippen LogP contribution in [0.5, 0.6) is 5.75 Å². The summed E-state index contributed by atoms with van der Waals surface area (Å²) in [5.41, 5.74) is 6.11. The number of nitrogens with zero attached hydrogens (tertiary/aromatic N) is 3. The summed E-state index contributed by atoms with van der Waals surface area (Å²) in [6.07, 6.45) is 3.03. The zero-order chi connectivity index (χ0) is 24.7. The number of aliphatic imine (C=N–C) groups is 1. The largest absolute Gasteiger partial charge is 0.459 e. The van der Waals surface area contributed by atoms with Gasteiger partial charge in [0, 0.05) is 53.4 Å². The summed E-state index contributed by atoms with van der Waals surface area (Å²) >= 11 is 6.42. The Bertz CT molecular complexity index is 1580. The molecular formula is C31H28ClN3O. The van der Waals surface area contributed by atoms with Crippen molar-refractivity contribution in [3.8, 4) is 5.75 Å². The van der Waals surface area contributed by atoms with Crippen molar-refractivity contribution in [1.29, 1.82) is 0 Å². The fourth-order valence-corrected chi connectivity index (χ4v) is 6.54. The van der Waals surface area contributed by atoms with Crippen LogP contribution in [0.4, 0.5) is 17.1 Å². The molecule has 180 valence electrons. The van der Waals surface area contributed by atoms with E-state index in [0.29, 0.717) is 0 Å². The molecule has 0 N–H and O–H groups in total. The molecule has 5 heteroatoms. The van der Waals surface area contributed by atoms with Crippen LogP contribution in [0, 0.1) is 0 Å². The maximum atomic E-state index is 7.05. The Labute approximate surface area is 216 Å². The molecule has 1 atom stereocenters. The molecule has 1 unspecified atom stereocenters. The quantitative estimate of drug-likeness (QED) is 0.279. The summed E-state index contributed by atoms with van der Waals surface area (Å²) in [5.74, 6) is 0.823. The summed E-state index contributed by atoms with van der Waals surface area (Å²) in [6.45, 7) is 6.30. The Morgan fingerprint density at radius 1 is 0.889 bits per heavy atom. The molecule has 0 aliphatic carbocycles. The molecule has 3 heterocycles. The number of fused-ring (bicyclic) bond motifs is 5. The highest BCUT2D eigenvalue weighted by Crippen LogP contribution is 2.55. The predicted molar refractivity (Wildman–Crippen MR) is 150 cm³/mol. The van der Waals surface area contributed by atoms with E-state index in [1.165, 1.54) is 27.8 Å². The highest BCUT2D eigenvalue weighted by atomic mass is 35.5. The number of hydrogen-bond acceptors (Lipinski definition) is 4. The van der Waals surface area contributed by atoms with Gasteiger partial charge < -0.3 is 14.5 Å². The lowest BCUT2D eigenvalue weighted by atomic mass is 9.77. The zero-order valence-electron chi connectivity index (χ0n) is 20.8. The lowest BCUT2D eigenvalue weighted by Crippen LogP contribution is -2.61. The van der Waals surface area contributed by atoms with Gasteiger partial charge in [0.05, 0.1) is 11.6 Å². The first kappa shape index (κ1) is 21.8. The minimum atomic E-state index is -0.749. The van der Waals surface area contributed by atoms with E-state index in [2.05, 4.69) is 97.4 Å². The Balaban J connectivity index is 1.38. The highest BCUT2D eigenvalue weighted by Gasteiger charge is 2.58. The van der Waals surface area contributed by atoms with E-state index in [1.54, 1.807) is 0 Å². The van der Waals surface area contributed by atoms with Gasteiger partial charge in [0.25, 0.3) is 0 Å². The van der Waals surface area contributed by atoms with Crippen LogP contribution in [0.25, 0.3) is 10.8 Å². The molecule has 7 rings (SSSR count). The Morgan fingerprint density at radius 2 is 1.64 bits per heavy atom. The van der Waals surface area contributed by atoms with Crippen molar-refractivity contribution < 1.29 is 4.74 Å². The second-order valence-electron chi connectivity index (χ2n) is 10.6. The molecule has 3 aliphatic heterocycles. The molecule has 1 spiro atoms. The zero-order valence-corrected chi connectivity index (χ0v) is 21.5. The second kappa shape index (κ2) is 7.50. The van der Waals surface area contributed by atoms with E-state index in [9.17, 15) is 0 Å². The Morgan fingerprint density at radius 3 is 2.47 bits per heavy atom. The molecule has 0 amide bonds. The van der Waals surface area contributed by atoms with E-state index in [1.807, 2.05) is 12.3 Å². The van der Waals surface area contributed by atoms with Crippen LogP contribution in [0.1, 0.15) is 30.5 Å². The van der Waals surface area contributed by atoms with Crippen LogP contribution in [0.2, 0.25) is 5.02 Å². The van der Waals surface area contributed by atoms with Crippen molar-refractivity contribution in [2.24, 2.45) is 4.99 Å². The van der Waals surface area contributed by atoms with Crippen LogP contribution in [0.15, 0.2) is 77.8 Å². The fourth-order valence-electron chi connectivity index (χ4n) is 6.37. The van der Waals surface area contributed by atoms with E-state index in [-0.39, 0.29) is 5.41 Å². The third-order valence-corrected chi connectivity index (χ3v) is 8.69. The first-order valence-electron chi connectivity index (χ1n) is 12.5. The maximum absolute atomic E-state index is 7.05. The number of hydrogen-bond donors (Lipinski definition) is 0. The standard InChI is InChI=1S/C31H28ClN3O/c1-30(2)25-16-22(32)12-13-26(25)34(3)31(30)19-33-29-24-11-7-6-10-23(24)27(17-28(29)36-31)35-15-14-20-8-4-5-9-21(20)18-35/h4-13,16-17,19H,14-15,18H2,1-3H3. The van der Waals surface area contributed by atoms with E-state index < -0.39 is 5.72 Å². The summed E-state index contributed by atoms with van der Waals surface area (Å²) in [4.78, 5) is 9.78. The smallest absolute Gasteiger partial charge is 0.228 e. The molecule has 0 bridgehead atoms. The Hall–Kier alpha value is -3.50. The summed E-state index contributed by atoms with van der Waals surface area (Å²) < 4.78 is 7.05. The van der Waals surface area contributed by atoms with Crippen LogP contribution < -0.4 is 14.5 Å². The van der Waals surface area contributed by atoms with E-state index >= 15 is 0 Å². The van der Waals surface area contributed by atoms with Crippen molar-refractivity contribution >= 4 is 45.7 Å². The first-order chi connectivity index (χ1) is 17.4. The number of likely N-dealkylation sites (N-methyl/N-ethyl adjacent to an activating group) is 1. The minimum Gasteiger partial charge on any atom is -0.459 e. The topological polar surface area (TPSA) is 28.1 Å². The molecule has 36 heavy (non-hydrogen) atoms. The van der Waals surface area contributed by atoms with Crippen molar-refractivity contribution in [1.82, 2.24) is 0 Å². The lowest BCUT2D eigenvalue weighted by Gasteiger charge is -2.45. The van der Waals surface area contributed by atoms with E-state index in [4.69, 9.17) is 21.3 Å². The van der Waals surface area contributed by atoms with Crippen LogP contribution >= 0.6 is 11.6 Å². The highest BCUT2D eigenvalue weighted by molar-refractivity contribution is 6.30. The van der Waals surface area contributed by atoms with E-state index in [0.717, 1.165) is 47.0 Å². The number of benzene rings is 4. The Kier molecular flexibility index (Phi) is 4.53. The van der Waals surface area contributed by atoms with Gasteiger partial charge in [0.1, 0.15) is 5.69 Å². The fraction of sp³-hybridized carbons (Fsp3) is 0.258. The third-order valence-electron chi connectivity index (χ3n) is 8.45. The molecule has 4 nitrogen and oxygen atoms in total. The lowest BCUT2D eigenvalue weighted by molar-refractivity contribution is 0.0827. The van der Waals surface area contributed by atoms with Crippen molar-refractivity contribution in [3.63, 3.8) is 0 Å². The molecule has 0 fully saturated rings. The minimum absolute atomic E-state index is 0.362. The van der Waals surface area contributed by atoms with Gasteiger partial charge in [0.2, 0.25) is 5.72 Å². The molecule has 0 aromatic heterocycles. The molecule has 3 aliphatic rings. The van der Waals surface area contributed by atoms with Crippen LogP contribution in [-0.2, 0) is 18.4 Å².